The quantitative estimate of drug-likeness (QED) is 0.479. The second-order valence-electron chi connectivity index (χ2n) is 9.41. The van der Waals surface area contributed by atoms with Crippen molar-refractivity contribution in [1.29, 1.82) is 0 Å². The Morgan fingerprint density at radius 3 is 1.84 bits per heavy atom. The minimum atomic E-state index is -3.02. The molecular formula is C21H32F4. The van der Waals surface area contributed by atoms with Gasteiger partial charge >= 0.3 is 0 Å². The summed E-state index contributed by atoms with van der Waals surface area (Å²) in [6.07, 6.45) is 7.87. The van der Waals surface area contributed by atoms with Crippen molar-refractivity contribution in [3.63, 3.8) is 0 Å². The number of fused-ring (bicyclic) bond motifs is 1. The zero-order valence-electron chi connectivity index (χ0n) is 15.1. The average molecular weight is 360 g/mol. The molecule has 4 aliphatic rings. The van der Waals surface area contributed by atoms with E-state index in [4.69, 9.17) is 0 Å². The molecule has 0 aromatic carbocycles. The number of rotatable bonds is 2. The van der Waals surface area contributed by atoms with Gasteiger partial charge in [-0.2, -0.15) is 0 Å². The Balaban J connectivity index is 1.39. The van der Waals surface area contributed by atoms with Crippen molar-refractivity contribution in [3.05, 3.63) is 0 Å². The normalized spacial score (nSPS) is 48.2. The molecule has 4 aliphatic carbocycles. The summed E-state index contributed by atoms with van der Waals surface area (Å²) in [4.78, 5) is 0. The van der Waals surface area contributed by atoms with Gasteiger partial charge in [-0.1, -0.05) is 32.1 Å². The minimum Gasteiger partial charge on any atom is -0.244 e. The fourth-order valence-corrected chi connectivity index (χ4v) is 6.85. The molecule has 4 fully saturated rings. The lowest BCUT2D eigenvalue weighted by molar-refractivity contribution is -0.139. The largest absolute Gasteiger partial charge is 0.257 e. The summed E-state index contributed by atoms with van der Waals surface area (Å²) in [5.74, 6) is -3.85. The highest BCUT2D eigenvalue weighted by atomic mass is 19.3. The maximum absolute atomic E-state index is 15.0. The molecule has 4 rings (SSSR count). The van der Waals surface area contributed by atoms with E-state index in [-0.39, 0.29) is 18.3 Å². The molecule has 0 saturated heterocycles. The van der Waals surface area contributed by atoms with Crippen LogP contribution in [0.2, 0.25) is 0 Å². The zero-order valence-corrected chi connectivity index (χ0v) is 15.1. The third-order valence-electron chi connectivity index (χ3n) is 8.21. The molecule has 0 aliphatic heterocycles. The standard InChI is InChI=1S/C21H32F4/c22-18-11-10-16-12-17(21(24,25)19(16)20(18)23)15-8-6-14(7-9-15)13-4-2-1-3-5-13/h13-20H,1-12H2. The van der Waals surface area contributed by atoms with Crippen LogP contribution >= 0.6 is 0 Å². The van der Waals surface area contributed by atoms with Crippen molar-refractivity contribution in [2.24, 2.45) is 35.5 Å². The topological polar surface area (TPSA) is 0 Å². The van der Waals surface area contributed by atoms with Gasteiger partial charge in [-0.25, -0.2) is 17.6 Å². The van der Waals surface area contributed by atoms with E-state index < -0.39 is 30.1 Å². The predicted molar refractivity (Wildman–Crippen MR) is 91.1 cm³/mol. The molecule has 0 aromatic heterocycles. The molecule has 0 N–H and O–H groups in total. The molecule has 0 bridgehead atoms. The van der Waals surface area contributed by atoms with E-state index in [0.29, 0.717) is 12.8 Å². The van der Waals surface area contributed by atoms with Gasteiger partial charge in [0.1, 0.15) is 12.3 Å². The summed E-state index contributed by atoms with van der Waals surface area (Å²) in [6, 6.07) is 0. The van der Waals surface area contributed by atoms with Crippen molar-refractivity contribution in [3.8, 4) is 0 Å². The van der Waals surface area contributed by atoms with Gasteiger partial charge in [0, 0.05) is 5.92 Å². The Kier molecular flexibility index (Phi) is 5.09. The van der Waals surface area contributed by atoms with Crippen LogP contribution in [-0.2, 0) is 0 Å². The Bertz CT molecular complexity index is 451. The first kappa shape index (κ1) is 18.1. The van der Waals surface area contributed by atoms with E-state index in [1.807, 2.05) is 0 Å². The number of hydrogen-bond acceptors (Lipinski definition) is 0. The van der Waals surface area contributed by atoms with Crippen molar-refractivity contribution in [2.45, 2.75) is 95.3 Å². The summed E-state index contributed by atoms with van der Waals surface area (Å²) in [5.41, 5.74) is 0. The second-order valence-corrected chi connectivity index (χ2v) is 9.41. The lowest BCUT2D eigenvalue weighted by Crippen LogP contribution is -2.45. The van der Waals surface area contributed by atoms with Crippen molar-refractivity contribution < 1.29 is 17.6 Å². The molecule has 4 heteroatoms. The van der Waals surface area contributed by atoms with Gasteiger partial charge in [0.25, 0.3) is 5.92 Å². The first-order valence-electron chi connectivity index (χ1n) is 10.6. The van der Waals surface area contributed by atoms with Gasteiger partial charge in [-0.05, 0) is 68.6 Å². The third kappa shape index (κ3) is 3.25. The van der Waals surface area contributed by atoms with Gasteiger partial charge in [0.05, 0.1) is 5.92 Å². The van der Waals surface area contributed by atoms with Gasteiger partial charge in [-0.15, -0.1) is 0 Å². The van der Waals surface area contributed by atoms with E-state index in [0.717, 1.165) is 37.5 Å². The molecule has 25 heavy (non-hydrogen) atoms. The van der Waals surface area contributed by atoms with Crippen LogP contribution in [0.25, 0.3) is 0 Å². The first-order chi connectivity index (χ1) is 12.0. The maximum Gasteiger partial charge on any atom is 0.257 e. The Labute approximate surface area is 149 Å². The molecule has 0 aromatic rings. The predicted octanol–water partition coefficient (Wildman–Crippen LogP) is 6.73. The maximum atomic E-state index is 15.0. The number of halogens is 4. The fourth-order valence-electron chi connectivity index (χ4n) is 6.85. The highest BCUT2D eigenvalue weighted by molar-refractivity contribution is 5.06. The molecule has 144 valence electrons. The summed E-state index contributed by atoms with van der Waals surface area (Å²) in [6.45, 7) is 0. The van der Waals surface area contributed by atoms with E-state index in [1.165, 1.54) is 32.1 Å². The molecule has 4 saturated carbocycles. The van der Waals surface area contributed by atoms with Gasteiger partial charge < -0.3 is 0 Å². The highest BCUT2D eigenvalue weighted by Crippen LogP contribution is 2.59. The lowest BCUT2D eigenvalue weighted by atomic mass is 9.68. The van der Waals surface area contributed by atoms with Crippen LogP contribution in [0.15, 0.2) is 0 Å². The van der Waals surface area contributed by atoms with E-state index >= 15 is 0 Å². The smallest absolute Gasteiger partial charge is 0.244 e. The first-order valence-corrected chi connectivity index (χ1v) is 10.6. The zero-order chi connectivity index (χ0) is 17.6. The van der Waals surface area contributed by atoms with Crippen molar-refractivity contribution in [1.82, 2.24) is 0 Å². The Hall–Kier alpha value is -0.280. The van der Waals surface area contributed by atoms with Crippen LogP contribution in [0, 0.1) is 35.5 Å². The van der Waals surface area contributed by atoms with Crippen LogP contribution in [0.3, 0.4) is 0 Å². The summed E-state index contributed by atoms with van der Waals surface area (Å²) in [5, 5.41) is 0. The monoisotopic (exact) mass is 360 g/mol. The molecule has 5 atom stereocenters. The highest BCUT2D eigenvalue weighted by Gasteiger charge is 2.64. The van der Waals surface area contributed by atoms with E-state index in [2.05, 4.69) is 0 Å². The second kappa shape index (κ2) is 7.03. The van der Waals surface area contributed by atoms with Gasteiger partial charge in [0.15, 0.2) is 0 Å². The van der Waals surface area contributed by atoms with Crippen molar-refractivity contribution >= 4 is 0 Å². The summed E-state index contributed by atoms with van der Waals surface area (Å²) in [7, 11) is 0. The molecule has 0 nitrogen and oxygen atoms in total. The Morgan fingerprint density at radius 2 is 1.16 bits per heavy atom. The van der Waals surface area contributed by atoms with E-state index in [9.17, 15) is 17.6 Å². The molecule has 0 spiro atoms. The molecular weight excluding hydrogens is 328 g/mol. The van der Waals surface area contributed by atoms with Crippen LogP contribution in [0.4, 0.5) is 17.6 Å². The molecule has 0 heterocycles. The summed E-state index contributed by atoms with van der Waals surface area (Å²) < 4.78 is 57.9. The minimum absolute atomic E-state index is 0.0192. The molecule has 0 radical (unpaired) electrons. The lowest BCUT2D eigenvalue weighted by Gasteiger charge is -2.40. The van der Waals surface area contributed by atoms with E-state index in [1.54, 1.807) is 0 Å². The van der Waals surface area contributed by atoms with Gasteiger partial charge in [-0.3, -0.25) is 0 Å². The van der Waals surface area contributed by atoms with Crippen LogP contribution in [-0.4, -0.2) is 18.3 Å². The summed E-state index contributed by atoms with van der Waals surface area (Å²) >= 11 is 0. The SMILES string of the molecule is FC1CCC2CC(C3CCC(C4CCCCC4)CC3)C(F)(F)C2C1F. The third-order valence-corrected chi connectivity index (χ3v) is 8.21. The van der Waals surface area contributed by atoms with Gasteiger partial charge in [0.2, 0.25) is 0 Å². The van der Waals surface area contributed by atoms with Crippen LogP contribution in [0.5, 0.6) is 0 Å². The number of alkyl halides is 4. The van der Waals surface area contributed by atoms with Crippen LogP contribution < -0.4 is 0 Å². The number of hydrogen-bond donors (Lipinski definition) is 0. The van der Waals surface area contributed by atoms with Crippen LogP contribution in [0.1, 0.15) is 77.0 Å². The average Bonchev–Trinajstić information content (AvgIpc) is 2.90. The molecule has 5 unspecified atom stereocenters. The fraction of sp³-hybridized carbons (Fsp3) is 1.00. The van der Waals surface area contributed by atoms with Crippen molar-refractivity contribution in [2.75, 3.05) is 0 Å². The Morgan fingerprint density at radius 1 is 0.600 bits per heavy atom. The molecule has 0 amide bonds.